The Morgan fingerprint density at radius 3 is 2.42 bits per heavy atom. The highest BCUT2D eigenvalue weighted by atomic mass is 19.2. The van der Waals surface area contributed by atoms with E-state index in [9.17, 15) is 13.6 Å². The molecule has 1 fully saturated rings. The number of rotatable bonds is 4. The van der Waals surface area contributed by atoms with Gasteiger partial charge in [0.05, 0.1) is 43.1 Å². The van der Waals surface area contributed by atoms with Gasteiger partial charge in [0, 0.05) is 24.2 Å². The van der Waals surface area contributed by atoms with E-state index in [1.54, 1.807) is 4.90 Å². The summed E-state index contributed by atoms with van der Waals surface area (Å²) in [7, 11) is 1.42. The Kier molecular flexibility index (Phi) is 5.13. The van der Waals surface area contributed by atoms with Crippen molar-refractivity contribution in [2.45, 2.75) is 26.1 Å². The van der Waals surface area contributed by atoms with Crippen LogP contribution in [0.2, 0.25) is 0 Å². The topological polar surface area (TPSA) is 64.5 Å². The smallest absolute Gasteiger partial charge is 0.232 e. The highest BCUT2D eigenvalue weighted by Gasteiger charge is 2.29. The number of nitrogens with zero attached hydrogens (tertiary/aromatic N) is 3. The molecule has 2 unspecified atom stereocenters. The molecular formula is C18H19F2N3O3. The molecule has 0 saturated carbocycles. The summed E-state index contributed by atoms with van der Waals surface area (Å²) >= 11 is 0. The average Bonchev–Trinajstić information content (AvgIpc) is 2.63. The van der Waals surface area contributed by atoms with Gasteiger partial charge in [-0.15, -0.1) is 0 Å². The minimum absolute atomic E-state index is 0.0512. The van der Waals surface area contributed by atoms with Crippen molar-refractivity contribution in [1.29, 1.82) is 0 Å². The van der Waals surface area contributed by atoms with E-state index in [4.69, 9.17) is 9.47 Å². The van der Waals surface area contributed by atoms with Crippen molar-refractivity contribution in [2.24, 2.45) is 0 Å². The standard InChI is InChI=1S/C18H19F2N3O3/c1-10-7-23(8-11(2)26-10)18-12(9-24)4-13(16(19)17(18)20)14-5-22-15(25-3)6-21-14/h4-6,9-11H,7-8H2,1-3H3. The fourth-order valence-electron chi connectivity index (χ4n) is 3.15. The highest BCUT2D eigenvalue weighted by molar-refractivity contribution is 5.88. The molecule has 3 rings (SSSR count). The summed E-state index contributed by atoms with van der Waals surface area (Å²) in [5, 5.41) is 0. The number of hydrogen-bond acceptors (Lipinski definition) is 6. The Hall–Kier alpha value is -2.61. The van der Waals surface area contributed by atoms with E-state index < -0.39 is 11.6 Å². The zero-order valence-corrected chi connectivity index (χ0v) is 14.7. The van der Waals surface area contributed by atoms with E-state index in [2.05, 4.69) is 9.97 Å². The zero-order valence-electron chi connectivity index (χ0n) is 14.7. The number of carbonyl (C=O) groups is 1. The average molecular weight is 363 g/mol. The molecular weight excluding hydrogens is 344 g/mol. The van der Waals surface area contributed by atoms with Gasteiger partial charge in [-0.25, -0.2) is 18.7 Å². The lowest BCUT2D eigenvalue weighted by Gasteiger charge is -2.37. The van der Waals surface area contributed by atoms with Gasteiger partial charge >= 0.3 is 0 Å². The second kappa shape index (κ2) is 7.33. The summed E-state index contributed by atoms with van der Waals surface area (Å²) in [6.07, 6.45) is 2.76. The molecule has 0 N–H and O–H groups in total. The molecule has 0 bridgehead atoms. The van der Waals surface area contributed by atoms with Crippen molar-refractivity contribution >= 4 is 12.0 Å². The van der Waals surface area contributed by atoms with Gasteiger partial charge < -0.3 is 14.4 Å². The number of aromatic nitrogens is 2. The molecule has 1 saturated heterocycles. The number of aldehydes is 1. The first-order valence-electron chi connectivity index (χ1n) is 8.18. The van der Waals surface area contributed by atoms with E-state index in [0.29, 0.717) is 19.4 Å². The third-order valence-electron chi connectivity index (χ3n) is 4.19. The molecule has 26 heavy (non-hydrogen) atoms. The fourth-order valence-corrected chi connectivity index (χ4v) is 3.15. The van der Waals surface area contributed by atoms with Gasteiger partial charge in [0.2, 0.25) is 5.88 Å². The quantitative estimate of drug-likeness (QED) is 0.779. The summed E-state index contributed by atoms with van der Waals surface area (Å²) in [5.74, 6) is -1.90. The SMILES string of the molecule is COc1cnc(-c2cc(C=O)c(N3CC(C)OC(C)C3)c(F)c2F)cn1. The Balaban J connectivity index is 2.07. The van der Waals surface area contributed by atoms with Crippen molar-refractivity contribution in [2.75, 3.05) is 25.1 Å². The number of benzene rings is 1. The van der Waals surface area contributed by atoms with Crippen LogP contribution in [-0.2, 0) is 4.74 Å². The molecule has 0 radical (unpaired) electrons. The van der Waals surface area contributed by atoms with Crippen LogP contribution < -0.4 is 9.64 Å². The maximum Gasteiger partial charge on any atom is 0.232 e. The Morgan fingerprint density at radius 1 is 1.19 bits per heavy atom. The molecule has 0 spiro atoms. The molecule has 8 heteroatoms. The van der Waals surface area contributed by atoms with E-state index >= 15 is 0 Å². The van der Waals surface area contributed by atoms with Crippen LogP contribution in [0, 0.1) is 11.6 Å². The monoisotopic (exact) mass is 363 g/mol. The summed E-state index contributed by atoms with van der Waals surface area (Å²) in [5.41, 5.74) is -0.0130. The number of hydrogen-bond donors (Lipinski definition) is 0. The van der Waals surface area contributed by atoms with E-state index in [1.165, 1.54) is 25.6 Å². The summed E-state index contributed by atoms with van der Waals surface area (Å²) < 4.78 is 40.2. The summed E-state index contributed by atoms with van der Waals surface area (Å²) in [6.45, 7) is 4.42. The minimum atomic E-state index is -1.08. The maximum atomic E-state index is 14.9. The molecule has 138 valence electrons. The second-order valence-electron chi connectivity index (χ2n) is 6.21. The molecule has 1 aromatic carbocycles. The zero-order chi connectivity index (χ0) is 18.8. The lowest BCUT2D eigenvalue weighted by Crippen LogP contribution is -2.46. The summed E-state index contributed by atoms with van der Waals surface area (Å²) in [6, 6.07) is 1.29. The van der Waals surface area contributed by atoms with Gasteiger partial charge in [-0.3, -0.25) is 4.79 Å². The normalized spacial score (nSPS) is 20.1. The highest BCUT2D eigenvalue weighted by Crippen LogP contribution is 2.34. The number of anilines is 1. The van der Waals surface area contributed by atoms with Gasteiger partial charge in [-0.2, -0.15) is 0 Å². The Bertz CT molecular complexity index is 804. The minimum Gasteiger partial charge on any atom is -0.480 e. The molecule has 1 aliphatic heterocycles. The number of halogens is 2. The van der Waals surface area contributed by atoms with Gasteiger partial charge in [0.25, 0.3) is 0 Å². The first-order valence-corrected chi connectivity index (χ1v) is 8.18. The largest absolute Gasteiger partial charge is 0.480 e. The molecule has 1 aromatic heterocycles. The van der Waals surface area contributed by atoms with Crippen LogP contribution in [-0.4, -0.2) is 48.7 Å². The van der Waals surface area contributed by atoms with Crippen LogP contribution in [0.5, 0.6) is 5.88 Å². The Morgan fingerprint density at radius 2 is 1.88 bits per heavy atom. The maximum absolute atomic E-state index is 14.9. The first-order chi connectivity index (χ1) is 12.4. The lowest BCUT2D eigenvalue weighted by molar-refractivity contribution is -0.00546. The van der Waals surface area contributed by atoms with Crippen molar-refractivity contribution < 1.29 is 23.0 Å². The fraction of sp³-hybridized carbons (Fsp3) is 0.389. The van der Waals surface area contributed by atoms with Crippen LogP contribution in [0.25, 0.3) is 11.3 Å². The summed E-state index contributed by atoms with van der Waals surface area (Å²) in [4.78, 5) is 21.2. The van der Waals surface area contributed by atoms with E-state index in [0.717, 1.165) is 0 Å². The van der Waals surface area contributed by atoms with Crippen LogP contribution in [0.15, 0.2) is 18.5 Å². The number of carbonyl (C=O) groups excluding carboxylic acids is 1. The van der Waals surface area contributed by atoms with Crippen LogP contribution >= 0.6 is 0 Å². The van der Waals surface area contributed by atoms with Crippen molar-refractivity contribution in [3.8, 4) is 17.1 Å². The van der Waals surface area contributed by atoms with Crippen molar-refractivity contribution in [3.05, 3.63) is 35.7 Å². The van der Waals surface area contributed by atoms with Crippen molar-refractivity contribution in [3.63, 3.8) is 0 Å². The molecule has 1 aliphatic rings. The first kappa shape index (κ1) is 18.2. The molecule has 2 heterocycles. The third-order valence-corrected chi connectivity index (χ3v) is 4.19. The molecule has 0 amide bonds. The predicted octanol–water partition coefficient (Wildman–Crippen LogP) is 2.86. The van der Waals surface area contributed by atoms with E-state index in [-0.39, 0.29) is 40.6 Å². The van der Waals surface area contributed by atoms with Crippen LogP contribution in [0.3, 0.4) is 0 Å². The van der Waals surface area contributed by atoms with Crippen LogP contribution in [0.4, 0.5) is 14.5 Å². The lowest BCUT2D eigenvalue weighted by atomic mass is 10.0. The van der Waals surface area contributed by atoms with Crippen molar-refractivity contribution in [1.82, 2.24) is 9.97 Å². The molecule has 2 aromatic rings. The number of ether oxygens (including phenoxy) is 2. The van der Waals surface area contributed by atoms with Crippen LogP contribution in [0.1, 0.15) is 24.2 Å². The Labute approximate surface area is 149 Å². The number of morpholine rings is 1. The molecule has 2 atom stereocenters. The van der Waals surface area contributed by atoms with Gasteiger partial charge in [0.15, 0.2) is 17.9 Å². The van der Waals surface area contributed by atoms with Gasteiger partial charge in [-0.05, 0) is 19.9 Å². The number of methoxy groups -OCH3 is 1. The predicted molar refractivity (Wildman–Crippen MR) is 91.5 cm³/mol. The molecule has 0 aliphatic carbocycles. The second-order valence-corrected chi connectivity index (χ2v) is 6.21. The van der Waals surface area contributed by atoms with Gasteiger partial charge in [-0.1, -0.05) is 0 Å². The van der Waals surface area contributed by atoms with Gasteiger partial charge in [0.1, 0.15) is 0 Å². The van der Waals surface area contributed by atoms with E-state index in [1.807, 2.05) is 13.8 Å². The molecule has 6 nitrogen and oxygen atoms in total. The third kappa shape index (κ3) is 3.37.